The SMILES string of the molecule is Cc1nc(C(N)=O)nc(C)c1C. The average Bonchev–Trinajstić information content (AvgIpc) is 1.99. The predicted octanol–water partition coefficient (Wildman–Crippen LogP) is 0.501. The van der Waals surface area contributed by atoms with Gasteiger partial charge in [0.2, 0.25) is 5.82 Å². The van der Waals surface area contributed by atoms with Crippen LogP contribution in [0.3, 0.4) is 0 Å². The van der Waals surface area contributed by atoms with Crippen LogP contribution in [0, 0.1) is 20.8 Å². The van der Waals surface area contributed by atoms with Gasteiger partial charge in [-0.3, -0.25) is 4.79 Å². The smallest absolute Gasteiger partial charge is 0.286 e. The van der Waals surface area contributed by atoms with E-state index in [1.807, 2.05) is 20.8 Å². The van der Waals surface area contributed by atoms with Crippen molar-refractivity contribution >= 4 is 5.91 Å². The van der Waals surface area contributed by atoms with Gasteiger partial charge in [-0.05, 0) is 26.3 Å². The molecule has 0 aliphatic heterocycles. The molecule has 1 heterocycles. The van der Waals surface area contributed by atoms with Gasteiger partial charge in [0.25, 0.3) is 5.91 Å². The Balaban J connectivity index is 3.31. The molecular formula is C8H11N3O. The lowest BCUT2D eigenvalue weighted by Gasteiger charge is -2.03. The lowest BCUT2D eigenvalue weighted by molar-refractivity contribution is 0.0990. The van der Waals surface area contributed by atoms with Crippen LogP contribution in [0.5, 0.6) is 0 Å². The minimum atomic E-state index is -0.582. The maximum atomic E-state index is 10.7. The van der Waals surface area contributed by atoms with Gasteiger partial charge in [-0.2, -0.15) is 0 Å². The van der Waals surface area contributed by atoms with Crippen molar-refractivity contribution in [2.75, 3.05) is 0 Å². The molecule has 12 heavy (non-hydrogen) atoms. The van der Waals surface area contributed by atoms with Gasteiger partial charge in [0, 0.05) is 11.4 Å². The van der Waals surface area contributed by atoms with Crippen LogP contribution in [0.4, 0.5) is 0 Å². The first-order valence-corrected chi connectivity index (χ1v) is 3.64. The second-order valence-electron chi connectivity index (χ2n) is 2.71. The van der Waals surface area contributed by atoms with Crippen LogP contribution >= 0.6 is 0 Å². The zero-order chi connectivity index (χ0) is 9.30. The van der Waals surface area contributed by atoms with Gasteiger partial charge in [-0.1, -0.05) is 0 Å². The number of nitrogens with zero attached hydrogens (tertiary/aromatic N) is 2. The first-order chi connectivity index (χ1) is 5.52. The normalized spacial score (nSPS) is 9.92. The number of hydrogen-bond acceptors (Lipinski definition) is 3. The van der Waals surface area contributed by atoms with E-state index in [0.717, 1.165) is 17.0 Å². The number of nitrogens with two attached hydrogens (primary N) is 1. The Morgan fingerprint density at radius 1 is 1.17 bits per heavy atom. The van der Waals surface area contributed by atoms with E-state index in [4.69, 9.17) is 5.73 Å². The van der Waals surface area contributed by atoms with Crippen molar-refractivity contribution in [3.63, 3.8) is 0 Å². The predicted molar refractivity (Wildman–Crippen MR) is 44.8 cm³/mol. The molecule has 0 aliphatic carbocycles. The summed E-state index contributed by atoms with van der Waals surface area (Å²) in [7, 11) is 0. The molecule has 1 amide bonds. The molecule has 0 saturated carbocycles. The van der Waals surface area contributed by atoms with Crippen molar-refractivity contribution in [3.8, 4) is 0 Å². The first kappa shape index (κ1) is 8.64. The second kappa shape index (κ2) is 2.89. The van der Waals surface area contributed by atoms with E-state index in [-0.39, 0.29) is 5.82 Å². The van der Waals surface area contributed by atoms with Crippen LogP contribution in [0.15, 0.2) is 0 Å². The van der Waals surface area contributed by atoms with E-state index in [1.54, 1.807) is 0 Å². The Morgan fingerprint density at radius 2 is 1.58 bits per heavy atom. The molecule has 1 rings (SSSR count). The molecule has 2 N–H and O–H groups in total. The van der Waals surface area contributed by atoms with E-state index in [9.17, 15) is 4.79 Å². The van der Waals surface area contributed by atoms with Crippen LogP contribution in [0.25, 0.3) is 0 Å². The molecule has 0 unspecified atom stereocenters. The number of hydrogen-bond donors (Lipinski definition) is 1. The molecule has 0 bridgehead atoms. The number of carbonyl (C=O) groups is 1. The second-order valence-corrected chi connectivity index (χ2v) is 2.71. The summed E-state index contributed by atoms with van der Waals surface area (Å²) >= 11 is 0. The van der Waals surface area contributed by atoms with Crippen LogP contribution in [0.2, 0.25) is 0 Å². The molecule has 0 aliphatic rings. The summed E-state index contributed by atoms with van der Waals surface area (Å²) in [4.78, 5) is 18.6. The standard InChI is InChI=1S/C8H11N3O/c1-4-5(2)10-8(7(9)12)11-6(4)3/h1-3H3,(H2,9,12). The highest BCUT2D eigenvalue weighted by Gasteiger charge is 2.07. The quantitative estimate of drug-likeness (QED) is 0.658. The highest BCUT2D eigenvalue weighted by Crippen LogP contribution is 2.07. The van der Waals surface area contributed by atoms with Gasteiger partial charge in [-0.25, -0.2) is 9.97 Å². The lowest BCUT2D eigenvalue weighted by Crippen LogP contribution is -2.17. The molecule has 1 aromatic heterocycles. The fraction of sp³-hybridized carbons (Fsp3) is 0.375. The molecule has 4 heteroatoms. The van der Waals surface area contributed by atoms with Gasteiger partial charge >= 0.3 is 0 Å². The number of aromatic nitrogens is 2. The van der Waals surface area contributed by atoms with Gasteiger partial charge < -0.3 is 5.73 Å². The summed E-state index contributed by atoms with van der Waals surface area (Å²) < 4.78 is 0. The van der Waals surface area contributed by atoms with Crippen LogP contribution in [-0.4, -0.2) is 15.9 Å². The van der Waals surface area contributed by atoms with Crippen molar-refractivity contribution in [2.24, 2.45) is 5.73 Å². The summed E-state index contributed by atoms with van der Waals surface area (Å²) in [5.74, 6) is -0.489. The fourth-order valence-electron chi connectivity index (χ4n) is 0.882. The van der Waals surface area contributed by atoms with Crippen molar-refractivity contribution in [3.05, 3.63) is 22.8 Å². The third-order valence-corrected chi connectivity index (χ3v) is 1.85. The Kier molecular flexibility index (Phi) is 2.08. The molecular weight excluding hydrogens is 154 g/mol. The molecule has 0 saturated heterocycles. The topological polar surface area (TPSA) is 68.9 Å². The number of rotatable bonds is 1. The largest absolute Gasteiger partial charge is 0.363 e. The van der Waals surface area contributed by atoms with Crippen molar-refractivity contribution in [2.45, 2.75) is 20.8 Å². The van der Waals surface area contributed by atoms with E-state index < -0.39 is 5.91 Å². The van der Waals surface area contributed by atoms with Crippen molar-refractivity contribution < 1.29 is 4.79 Å². The molecule has 0 fully saturated rings. The fourth-order valence-corrected chi connectivity index (χ4v) is 0.882. The summed E-state index contributed by atoms with van der Waals surface area (Å²) in [5, 5.41) is 0. The maximum absolute atomic E-state index is 10.7. The minimum absolute atomic E-state index is 0.0931. The highest BCUT2D eigenvalue weighted by molar-refractivity contribution is 5.88. The van der Waals surface area contributed by atoms with Gasteiger partial charge in [0.15, 0.2) is 0 Å². The number of amides is 1. The molecule has 4 nitrogen and oxygen atoms in total. The minimum Gasteiger partial charge on any atom is -0.363 e. The number of aryl methyl sites for hydroxylation is 2. The van der Waals surface area contributed by atoms with Gasteiger partial charge in [-0.15, -0.1) is 0 Å². The van der Waals surface area contributed by atoms with E-state index in [0.29, 0.717) is 0 Å². The summed E-state index contributed by atoms with van der Waals surface area (Å²) in [6.07, 6.45) is 0. The van der Waals surface area contributed by atoms with E-state index >= 15 is 0 Å². The zero-order valence-corrected chi connectivity index (χ0v) is 7.38. The third-order valence-electron chi connectivity index (χ3n) is 1.85. The zero-order valence-electron chi connectivity index (χ0n) is 7.38. The third kappa shape index (κ3) is 1.42. The summed E-state index contributed by atoms with van der Waals surface area (Å²) in [6, 6.07) is 0. The van der Waals surface area contributed by atoms with Crippen LogP contribution in [-0.2, 0) is 0 Å². The van der Waals surface area contributed by atoms with Crippen molar-refractivity contribution in [1.29, 1.82) is 0 Å². The van der Waals surface area contributed by atoms with Crippen molar-refractivity contribution in [1.82, 2.24) is 9.97 Å². The molecule has 0 atom stereocenters. The average molecular weight is 165 g/mol. The van der Waals surface area contributed by atoms with Crippen LogP contribution in [0.1, 0.15) is 27.6 Å². The Labute approximate surface area is 70.8 Å². The Hall–Kier alpha value is -1.45. The monoisotopic (exact) mass is 165 g/mol. The maximum Gasteiger partial charge on any atom is 0.286 e. The van der Waals surface area contributed by atoms with E-state index in [2.05, 4.69) is 9.97 Å². The molecule has 0 radical (unpaired) electrons. The number of primary amides is 1. The number of carbonyl (C=O) groups excluding carboxylic acids is 1. The van der Waals surface area contributed by atoms with Crippen LogP contribution < -0.4 is 5.73 Å². The lowest BCUT2D eigenvalue weighted by atomic mass is 10.2. The van der Waals surface area contributed by atoms with Gasteiger partial charge in [0.05, 0.1) is 0 Å². The Bertz CT molecular complexity index is 310. The van der Waals surface area contributed by atoms with Gasteiger partial charge in [0.1, 0.15) is 0 Å². The highest BCUT2D eigenvalue weighted by atomic mass is 16.1. The molecule has 0 aromatic carbocycles. The first-order valence-electron chi connectivity index (χ1n) is 3.64. The molecule has 64 valence electrons. The summed E-state index contributed by atoms with van der Waals surface area (Å²) in [6.45, 7) is 5.57. The molecule has 1 aromatic rings. The summed E-state index contributed by atoms with van der Waals surface area (Å²) in [5.41, 5.74) is 7.64. The molecule has 0 spiro atoms. The van der Waals surface area contributed by atoms with E-state index in [1.165, 1.54) is 0 Å². The Morgan fingerprint density at radius 3 is 1.92 bits per heavy atom.